The lowest BCUT2D eigenvalue weighted by atomic mass is 10.0. The van der Waals surface area contributed by atoms with Gasteiger partial charge in [0.2, 0.25) is 6.35 Å². The van der Waals surface area contributed by atoms with Crippen LogP contribution in [-0.4, -0.2) is 34.4 Å². The molecule has 1 aromatic carbocycles. The van der Waals surface area contributed by atoms with Gasteiger partial charge in [0, 0.05) is 13.5 Å². The van der Waals surface area contributed by atoms with Crippen LogP contribution in [0.4, 0.5) is 5.69 Å². The van der Waals surface area contributed by atoms with Gasteiger partial charge in [0.15, 0.2) is 0 Å². The standard InChI is InChI=1S/C19H26N4O4S2/c1-19(2,24)17-21-10-14(28-17)29(20,25)23-18(26-3)22-15-13-6-4-5-11(13)9-12-7-8-27-16(12)15/h9-10,18,22,24H,4-8H2,1-3H3,(H2,20,23,25). The monoisotopic (exact) mass is 438 g/mol. The maximum atomic E-state index is 13.1. The zero-order chi connectivity index (χ0) is 20.8. The minimum absolute atomic E-state index is 0.290. The second kappa shape index (κ2) is 7.51. The molecule has 0 radical (unpaired) electrons. The molecule has 0 amide bonds. The van der Waals surface area contributed by atoms with Crippen molar-refractivity contribution >= 4 is 26.9 Å². The fraction of sp³-hybridized carbons (Fsp3) is 0.526. The number of fused-ring (bicyclic) bond motifs is 2. The quantitative estimate of drug-likeness (QED) is 0.596. The molecule has 0 spiro atoms. The number of hydrogen-bond donors (Lipinski definition) is 3. The van der Waals surface area contributed by atoms with Crippen molar-refractivity contribution in [1.82, 2.24) is 4.98 Å². The number of aromatic nitrogens is 1. The highest BCUT2D eigenvalue weighted by Crippen LogP contribution is 2.42. The first kappa shape index (κ1) is 20.5. The van der Waals surface area contributed by atoms with E-state index in [0.29, 0.717) is 15.8 Å². The van der Waals surface area contributed by atoms with Crippen molar-refractivity contribution < 1.29 is 18.8 Å². The van der Waals surface area contributed by atoms with Crippen LogP contribution in [0.15, 0.2) is 20.8 Å². The molecule has 2 aromatic rings. The third-order valence-corrected chi connectivity index (χ3v) is 8.34. The lowest BCUT2D eigenvalue weighted by Crippen LogP contribution is -2.25. The minimum atomic E-state index is -3.27. The number of ether oxygens (including phenoxy) is 2. The summed E-state index contributed by atoms with van der Waals surface area (Å²) in [7, 11) is -1.79. The number of nitrogens with one attached hydrogen (secondary N) is 1. The fourth-order valence-electron chi connectivity index (χ4n) is 3.67. The molecule has 0 saturated carbocycles. The van der Waals surface area contributed by atoms with Crippen LogP contribution in [-0.2, 0) is 39.5 Å². The number of aryl methyl sites for hydroxylation is 1. The van der Waals surface area contributed by atoms with Gasteiger partial charge in [-0.3, -0.25) is 0 Å². The third kappa shape index (κ3) is 3.99. The van der Waals surface area contributed by atoms with Crippen LogP contribution in [0, 0.1) is 0 Å². The molecule has 0 bridgehead atoms. The van der Waals surface area contributed by atoms with Crippen molar-refractivity contribution in [2.45, 2.75) is 55.7 Å². The predicted molar refractivity (Wildman–Crippen MR) is 112 cm³/mol. The van der Waals surface area contributed by atoms with E-state index in [0.717, 1.165) is 48.5 Å². The summed E-state index contributed by atoms with van der Waals surface area (Å²) in [5.41, 5.74) is 3.42. The van der Waals surface area contributed by atoms with Crippen molar-refractivity contribution in [3.05, 3.63) is 34.0 Å². The summed E-state index contributed by atoms with van der Waals surface area (Å²) >= 11 is 1.08. The molecule has 0 fully saturated rings. The highest BCUT2D eigenvalue weighted by molar-refractivity contribution is 7.93. The van der Waals surface area contributed by atoms with Gasteiger partial charge in [-0.2, -0.15) is 4.36 Å². The predicted octanol–water partition coefficient (Wildman–Crippen LogP) is 2.54. The van der Waals surface area contributed by atoms with Gasteiger partial charge >= 0.3 is 0 Å². The van der Waals surface area contributed by atoms with Gasteiger partial charge in [0.05, 0.1) is 18.5 Å². The molecular weight excluding hydrogens is 412 g/mol. The molecule has 29 heavy (non-hydrogen) atoms. The summed E-state index contributed by atoms with van der Waals surface area (Å²) < 4.78 is 28.9. The zero-order valence-electron chi connectivity index (χ0n) is 16.7. The first-order valence-corrected chi connectivity index (χ1v) is 11.9. The number of thiazole rings is 1. The maximum Gasteiger partial charge on any atom is 0.235 e. The molecule has 2 unspecified atom stereocenters. The van der Waals surface area contributed by atoms with Gasteiger partial charge in [-0.1, -0.05) is 6.07 Å². The van der Waals surface area contributed by atoms with Crippen LogP contribution in [0.5, 0.6) is 5.75 Å². The highest BCUT2D eigenvalue weighted by Gasteiger charge is 2.28. The Morgan fingerprint density at radius 3 is 2.90 bits per heavy atom. The van der Waals surface area contributed by atoms with E-state index >= 15 is 0 Å². The molecule has 2 atom stereocenters. The van der Waals surface area contributed by atoms with Gasteiger partial charge < -0.3 is 19.9 Å². The molecule has 158 valence electrons. The summed E-state index contributed by atoms with van der Waals surface area (Å²) in [4.78, 5) is 4.13. The van der Waals surface area contributed by atoms with Crippen molar-refractivity contribution in [1.29, 1.82) is 0 Å². The maximum absolute atomic E-state index is 13.1. The number of methoxy groups -OCH3 is 1. The Hall–Kier alpha value is -1.72. The number of nitrogens with zero attached hydrogens (tertiary/aromatic N) is 2. The topological polar surface area (TPSA) is 119 Å². The number of anilines is 1. The van der Waals surface area contributed by atoms with Gasteiger partial charge in [0.25, 0.3) is 0 Å². The average Bonchev–Trinajstić information content (AvgIpc) is 3.38. The number of nitrogens with two attached hydrogens (primary N) is 1. The van der Waals surface area contributed by atoms with E-state index in [4.69, 9.17) is 14.6 Å². The summed E-state index contributed by atoms with van der Waals surface area (Å²) in [5, 5.41) is 19.8. The van der Waals surface area contributed by atoms with Crippen molar-refractivity contribution in [3.8, 4) is 5.75 Å². The molecule has 4 rings (SSSR count). The Morgan fingerprint density at radius 1 is 1.41 bits per heavy atom. The molecule has 2 aliphatic rings. The molecule has 1 aromatic heterocycles. The van der Waals surface area contributed by atoms with Crippen LogP contribution in [0.1, 0.15) is 42.0 Å². The van der Waals surface area contributed by atoms with Gasteiger partial charge in [-0.15, -0.1) is 11.3 Å². The second-order valence-electron chi connectivity index (χ2n) is 7.78. The molecule has 0 saturated heterocycles. The second-order valence-corrected chi connectivity index (χ2v) is 10.9. The lowest BCUT2D eigenvalue weighted by molar-refractivity contribution is 0.0783. The Kier molecular flexibility index (Phi) is 5.32. The highest BCUT2D eigenvalue weighted by atomic mass is 32.2. The zero-order valence-corrected chi connectivity index (χ0v) is 18.4. The summed E-state index contributed by atoms with van der Waals surface area (Å²) in [5.74, 6) is 0.827. The van der Waals surface area contributed by atoms with E-state index in [-0.39, 0.29) is 0 Å². The molecule has 1 aliphatic heterocycles. The Bertz CT molecular complexity index is 1020. The van der Waals surface area contributed by atoms with Crippen LogP contribution >= 0.6 is 11.3 Å². The van der Waals surface area contributed by atoms with Crippen molar-refractivity contribution in [3.63, 3.8) is 0 Å². The molecule has 2 heterocycles. The lowest BCUT2D eigenvalue weighted by Gasteiger charge is -2.20. The summed E-state index contributed by atoms with van der Waals surface area (Å²) in [6, 6.07) is 2.23. The van der Waals surface area contributed by atoms with Gasteiger partial charge in [0.1, 0.15) is 30.5 Å². The van der Waals surface area contributed by atoms with E-state index in [9.17, 15) is 9.32 Å². The summed E-state index contributed by atoms with van der Waals surface area (Å²) in [6.45, 7) is 3.87. The van der Waals surface area contributed by atoms with Crippen molar-refractivity contribution in [2.75, 3.05) is 19.0 Å². The number of rotatable bonds is 6. The first-order valence-electron chi connectivity index (χ1n) is 9.51. The van der Waals surface area contributed by atoms with Crippen LogP contribution in [0.25, 0.3) is 0 Å². The fourth-order valence-corrected chi connectivity index (χ4v) is 5.90. The molecule has 10 heteroatoms. The third-order valence-electron chi connectivity index (χ3n) is 5.09. The SMILES string of the molecule is COC(N=S(N)(=O)c1cnc(C(C)(C)O)s1)Nc1c2c(cc3c1OCC3)CCC2. The van der Waals surface area contributed by atoms with Crippen LogP contribution in [0.2, 0.25) is 0 Å². The normalized spacial score (nSPS) is 18.5. The number of aliphatic hydroxyl groups is 1. The van der Waals surface area contributed by atoms with Gasteiger partial charge in [-0.05, 0) is 49.8 Å². The number of hydrogen-bond acceptors (Lipinski definition) is 8. The van der Waals surface area contributed by atoms with E-state index < -0.39 is 21.9 Å². The molecular formula is C19H26N4O4S2. The Morgan fingerprint density at radius 2 is 2.21 bits per heavy atom. The van der Waals surface area contributed by atoms with Crippen LogP contribution < -0.4 is 15.2 Å². The number of benzene rings is 1. The largest absolute Gasteiger partial charge is 0.491 e. The average molecular weight is 439 g/mol. The molecule has 8 nitrogen and oxygen atoms in total. The molecule has 1 aliphatic carbocycles. The Labute approximate surface area is 174 Å². The van der Waals surface area contributed by atoms with Crippen LogP contribution in [0.3, 0.4) is 0 Å². The van der Waals surface area contributed by atoms with E-state index in [1.165, 1.54) is 30.0 Å². The first-order chi connectivity index (χ1) is 13.7. The van der Waals surface area contributed by atoms with E-state index in [2.05, 4.69) is 20.7 Å². The van der Waals surface area contributed by atoms with Gasteiger partial charge in [-0.25, -0.2) is 14.3 Å². The Balaban J connectivity index is 1.67. The van der Waals surface area contributed by atoms with Crippen molar-refractivity contribution in [2.24, 2.45) is 9.50 Å². The van der Waals surface area contributed by atoms with E-state index in [1.807, 2.05) is 0 Å². The molecule has 4 N–H and O–H groups in total. The summed E-state index contributed by atoms with van der Waals surface area (Å²) in [6.07, 6.45) is 4.45. The smallest absolute Gasteiger partial charge is 0.235 e. The van der Waals surface area contributed by atoms with E-state index in [1.54, 1.807) is 13.8 Å². The minimum Gasteiger partial charge on any atom is -0.491 e.